The van der Waals surface area contributed by atoms with E-state index in [4.69, 9.17) is 9.47 Å². The lowest BCUT2D eigenvalue weighted by Gasteiger charge is -2.10. The highest BCUT2D eigenvalue weighted by Gasteiger charge is 2.09. The van der Waals surface area contributed by atoms with E-state index in [1.165, 1.54) is 0 Å². The summed E-state index contributed by atoms with van der Waals surface area (Å²) in [5.41, 5.74) is 3.40. The second-order valence-corrected chi connectivity index (χ2v) is 7.88. The molecular weight excluding hydrogens is 380 g/mol. The summed E-state index contributed by atoms with van der Waals surface area (Å²) in [7, 11) is 3.15. The topological polar surface area (TPSA) is 60.5 Å². The SMILES string of the molecule is COc1cc(NC(=O)c2ccc(CSc3nc(C)cs3)cc2)cc(OC)c1. The lowest BCUT2D eigenvalue weighted by Crippen LogP contribution is -2.12. The smallest absolute Gasteiger partial charge is 0.255 e. The minimum atomic E-state index is -0.181. The van der Waals surface area contributed by atoms with Gasteiger partial charge in [-0.1, -0.05) is 23.9 Å². The molecule has 3 rings (SSSR count). The van der Waals surface area contributed by atoms with E-state index in [1.807, 2.05) is 36.6 Å². The van der Waals surface area contributed by atoms with Crippen molar-refractivity contribution in [2.45, 2.75) is 17.0 Å². The van der Waals surface area contributed by atoms with E-state index in [-0.39, 0.29) is 5.91 Å². The summed E-state index contributed by atoms with van der Waals surface area (Å²) >= 11 is 3.35. The second-order valence-electron chi connectivity index (χ2n) is 5.80. The molecular formula is C20H20N2O3S2. The number of carbonyl (C=O) groups excluding carboxylic acids is 1. The Bertz CT molecular complexity index is 901. The number of ether oxygens (including phenoxy) is 2. The zero-order valence-corrected chi connectivity index (χ0v) is 16.9. The molecule has 3 aromatic rings. The maximum Gasteiger partial charge on any atom is 0.255 e. The van der Waals surface area contributed by atoms with Gasteiger partial charge in [0.15, 0.2) is 0 Å². The number of thiazole rings is 1. The first-order chi connectivity index (χ1) is 13.1. The molecule has 0 aliphatic rings. The highest BCUT2D eigenvalue weighted by Crippen LogP contribution is 2.27. The number of hydrogen-bond donors (Lipinski definition) is 1. The van der Waals surface area contributed by atoms with E-state index >= 15 is 0 Å². The molecule has 0 saturated heterocycles. The molecule has 0 spiro atoms. The van der Waals surface area contributed by atoms with Crippen molar-refractivity contribution in [3.63, 3.8) is 0 Å². The normalized spacial score (nSPS) is 10.5. The lowest BCUT2D eigenvalue weighted by atomic mass is 10.1. The van der Waals surface area contributed by atoms with Crippen LogP contribution in [-0.2, 0) is 5.75 Å². The predicted molar refractivity (Wildman–Crippen MR) is 110 cm³/mol. The van der Waals surface area contributed by atoms with Crippen molar-refractivity contribution < 1.29 is 14.3 Å². The largest absolute Gasteiger partial charge is 0.497 e. The molecule has 5 nitrogen and oxygen atoms in total. The Morgan fingerprint density at radius 3 is 2.33 bits per heavy atom. The van der Waals surface area contributed by atoms with E-state index in [2.05, 4.69) is 10.3 Å². The van der Waals surface area contributed by atoms with Gasteiger partial charge in [0, 0.05) is 46.3 Å². The maximum atomic E-state index is 12.5. The van der Waals surface area contributed by atoms with Crippen LogP contribution in [0.4, 0.5) is 5.69 Å². The average Bonchev–Trinajstić information content (AvgIpc) is 3.11. The summed E-state index contributed by atoms with van der Waals surface area (Å²) in [5.74, 6) is 1.88. The molecule has 27 heavy (non-hydrogen) atoms. The Labute approximate surface area is 166 Å². The molecule has 0 fully saturated rings. The summed E-state index contributed by atoms with van der Waals surface area (Å²) in [5, 5.41) is 4.92. The average molecular weight is 401 g/mol. The van der Waals surface area contributed by atoms with E-state index in [1.54, 1.807) is 55.5 Å². The molecule has 0 aliphatic heterocycles. The Morgan fingerprint density at radius 2 is 1.78 bits per heavy atom. The molecule has 0 unspecified atom stereocenters. The van der Waals surface area contributed by atoms with Gasteiger partial charge < -0.3 is 14.8 Å². The number of nitrogens with one attached hydrogen (secondary N) is 1. The van der Waals surface area contributed by atoms with Crippen LogP contribution >= 0.6 is 23.1 Å². The van der Waals surface area contributed by atoms with E-state index in [0.29, 0.717) is 22.7 Å². The van der Waals surface area contributed by atoms with Crippen molar-refractivity contribution in [2.24, 2.45) is 0 Å². The molecule has 1 amide bonds. The molecule has 140 valence electrons. The molecule has 0 aliphatic carbocycles. The van der Waals surface area contributed by atoms with Crippen LogP contribution in [0.25, 0.3) is 0 Å². The number of thioether (sulfide) groups is 1. The van der Waals surface area contributed by atoms with Gasteiger partial charge in [-0.05, 0) is 24.6 Å². The van der Waals surface area contributed by atoms with Crippen LogP contribution in [0, 0.1) is 6.92 Å². The molecule has 0 bridgehead atoms. The maximum absolute atomic E-state index is 12.5. The Balaban J connectivity index is 1.63. The van der Waals surface area contributed by atoms with E-state index in [9.17, 15) is 4.79 Å². The quantitative estimate of drug-likeness (QED) is 0.565. The molecule has 1 N–H and O–H groups in total. The van der Waals surface area contributed by atoms with Gasteiger partial charge in [0.1, 0.15) is 15.8 Å². The van der Waals surface area contributed by atoms with E-state index in [0.717, 1.165) is 21.3 Å². The van der Waals surface area contributed by atoms with Gasteiger partial charge >= 0.3 is 0 Å². The number of amides is 1. The summed E-state index contributed by atoms with van der Waals surface area (Å²) in [6.07, 6.45) is 0. The summed E-state index contributed by atoms with van der Waals surface area (Å²) in [6.45, 7) is 1.99. The van der Waals surface area contributed by atoms with Crippen LogP contribution in [0.15, 0.2) is 52.2 Å². The van der Waals surface area contributed by atoms with Crippen LogP contribution in [0.2, 0.25) is 0 Å². The van der Waals surface area contributed by atoms with Crippen LogP contribution < -0.4 is 14.8 Å². The number of aromatic nitrogens is 1. The highest BCUT2D eigenvalue weighted by molar-refractivity contribution is 8.00. The number of hydrogen-bond acceptors (Lipinski definition) is 6. The molecule has 7 heteroatoms. The van der Waals surface area contributed by atoms with Crippen LogP contribution in [0.1, 0.15) is 21.6 Å². The minimum absolute atomic E-state index is 0.181. The van der Waals surface area contributed by atoms with E-state index < -0.39 is 0 Å². The van der Waals surface area contributed by atoms with Crippen LogP contribution in [0.3, 0.4) is 0 Å². The van der Waals surface area contributed by atoms with Crippen molar-refractivity contribution in [3.05, 3.63) is 64.7 Å². The Morgan fingerprint density at radius 1 is 1.11 bits per heavy atom. The summed E-state index contributed by atoms with van der Waals surface area (Å²) < 4.78 is 11.5. The van der Waals surface area contributed by atoms with Crippen molar-refractivity contribution in [3.8, 4) is 11.5 Å². The highest BCUT2D eigenvalue weighted by atomic mass is 32.2. The second kappa shape index (κ2) is 8.92. The van der Waals surface area contributed by atoms with Gasteiger partial charge in [0.2, 0.25) is 0 Å². The number of anilines is 1. The Kier molecular flexibility index (Phi) is 6.36. The fourth-order valence-electron chi connectivity index (χ4n) is 2.38. The number of aryl methyl sites for hydroxylation is 1. The van der Waals surface area contributed by atoms with Gasteiger partial charge in [0.25, 0.3) is 5.91 Å². The number of rotatable bonds is 7. The zero-order chi connectivity index (χ0) is 19.2. The van der Waals surface area contributed by atoms with Gasteiger partial charge in [-0.3, -0.25) is 4.79 Å². The van der Waals surface area contributed by atoms with Crippen molar-refractivity contribution in [1.29, 1.82) is 0 Å². The van der Waals surface area contributed by atoms with Crippen molar-refractivity contribution >= 4 is 34.7 Å². The third kappa shape index (κ3) is 5.24. The fourth-order valence-corrected chi connectivity index (χ4v) is 4.18. The fraction of sp³-hybridized carbons (Fsp3) is 0.200. The van der Waals surface area contributed by atoms with Gasteiger partial charge in [-0.25, -0.2) is 4.98 Å². The molecule has 0 radical (unpaired) electrons. The zero-order valence-electron chi connectivity index (χ0n) is 15.3. The molecule has 1 heterocycles. The first-order valence-corrected chi connectivity index (χ1v) is 10.1. The molecule has 2 aromatic carbocycles. The minimum Gasteiger partial charge on any atom is -0.497 e. The number of benzene rings is 2. The monoisotopic (exact) mass is 400 g/mol. The molecule has 0 saturated carbocycles. The first-order valence-electron chi connectivity index (χ1n) is 8.25. The molecule has 0 atom stereocenters. The Hall–Kier alpha value is -2.51. The van der Waals surface area contributed by atoms with Gasteiger partial charge in [0.05, 0.1) is 14.2 Å². The predicted octanol–water partition coefficient (Wildman–Crippen LogP) is 5.01. The van der Waals surface area contributed by atoms with Crippen LogP contribution in [0.5, 0.6) is 11.5 Å². The standard InChI is InChI=1S/C20H20N2O3S2/c1-13-11-26-20(21-13)27-12-14-4-6-15(7-5-14)19(23)22-16-8-17(24-2)10-18(9-16)25-3/h4-11H,12H2,1-3H3,(H,22,23). The number of methoxy groups -OCH3 is 2. The number of nitrogens with zero attached hydrogens (tertiary/aromatic N) is 1. The van der Waals surface area contributed by atoms with Gasteiger partial charge in [-0.2, -0.15) is 0 Å². The van der Waals surface area contributed by atoms with Crippen molar-refractivity contribution in [2.75, 3.05) is 19.5 Å². The van der Waals surface area contributed by atoms with Crippen LogP contribution in [-0.4, -0.2) is 25.1 Å². The summed E-state index contributed by atoms with van der Waals surface area (Å²) in [6, 6.07) is 12.9. The summed E-state index contributed by atoms with van der Waals surface area (Å²) in [4.78, 5) is 16.9. The number of carbonyl (C=O) groups is 1. The first kappa shape index (κ1) is 19.3. The third-order valence-electron chi connectivity index (χ3n) is 3.79. The third-order valence-corrected chi connectivity index (χ3v) is 6.00. The lowest BCUT2D eigenvalue weighted by molar-refractivity contribution is 0.102. The van der Waals surface area contributed by atoms with Gasteiger partial charge in [-0.15, -0.1) is 11.3 Å². The molecule has 1 aromatic heterocycles. The van der Waals surface area contributed by atoms with Crippen molar-refractivity contribution in [1.82, 2.24) is 4.98 Å².